The summed E-state index contributed by atoms with van der Waals surface area (Å²) in [6.07, 6.45) is 0. The summed E-state index contributed by atoms with van der Waals surface area (Å²) < 4.78 is 18.3. The average molecular weight is 277 g/mol. The maximum Gasteiger partial charge on any atom is 0.264 e. The van der Waals surface area contributed by atoms with E-state index < -0.39 is 0 Å². The molecule has 0 aliphatic heterocycles. The summed E-state index contributed by atoms with van der Waals surface area (Å²) in [7, 11) is 0. The largest absolute Gasteiger partial charge is 0.333 e. The fraction of sp³-hybridized carbons (Fsp3) is 0. The molecule has 6 heteroatoms. The van der Waals surface area contributed by atoms with Crippen LogP contribution < -0.4 is 0 Å². The van der Waals surface area contributed by atoms with Crippen LogP contribution in [0.15, 0.2) is 27.2 Å². The van der Waals surface area contributed by atoms with Gasteiger partial charge < -0.3 is 4.52 Å². The van der Waals surface area contributed by atoms with Gasteiger partial charge in [0.05, 0.1) is 0 Å². The fourth-order valence-electron chi connectivity index (χ4n) is 1.00. The third-order valence-corrected chi connectivity index (χ3v) is 2.12. The summed E-state index contributed by atoms with van der Waals surface area (Å²) in [4.78, 5) is 3.76. The van der Waals surface area contributed by atoms with Gasteiger partial charge in [-0.15, -0.1) is 0 Å². The normalized spacial score (nSPS) is 10.5. The Balaban J connectivity index is 2.51. The van der Waals surface area contributed by atoms with Crippen LogP contribution in [0.5, 0.6) is 0 Å². The van der Waals surface area contributed by atoms with Gasteiger partial charge in [-0.05, 0) is 35.0 Å². The zero-order valence-electron chi connectivity index (χ0n) is 6.67. The SMILES string of the molecule is Fc1cc(Br)cc(-c2nc(Cl)no2)c1. The predicted molar refractivity (Wildman–Crippen MR) is 52.4 cm³/mol. The zero-order chi connectivity index (χ0) is 10.1. The van der Waals surface area contributed by atoms with Crippen molar-refractivity contribution in [2.24, 2.45) is 0 Å². The molecular formula is C8H3BrClFN2O. The van der Waals surface area contributed by atoms with E-state index in [1.807, 2.05) is 0 Å². The summed E-state index contributed by atoms with van der Waals surface area (Å²) in [5, 5.41) is 3.39. The van der Waals surface area contributed by atoms with Crippen LogP contribution in [-0.2, 0) is 0 Å². The second kappa shape index (κ2) is 3.67. The lowest BCUT2D eigenvalue weighted by atomic mass is 10.2. The molecule has 2 rings (SSSR count). The first-order valence-electron chi connectivity index (χ1n) is 3.61. The highest BCUT2D eigenvalue weighted by Gasteiger charge is 2.08. The van der Waals surface area contributed by atoms with E-state index in [1.54, 1.807) is 6.07 Å². The van der Waals surface area contributed by atoms with Crippen LogP contribution in [0.4, 0.5) is 4.39 Å². The van der Waals surface area contributed by atoms with Crippen LogP contribution in [0.3, 0.4) is 0 Å². The first-order valence-corrected chi connectivity index (χ1v) is 4.78. The number of benzene rings is 1. The number of hydrogen-bond donors (Lipinski definition) is 0. The van der Waals surface area contributed by atoms with Gasteiger partial charge in [0.15, 0.2) is 0 Å². The molecule has 0 saturated carbocycles. The molecule has 0 fully saturated rings. The summed E-state index contributed by atoms with van der Waals surface area (Å²) >= 11 is 8.62. The molecule has 0 spiro atoms. The maximum absolute atomic E-state index is 13.0. The molecule has 1 aromatic heterocycles. The van der Waals surface area contributed by atoms with Crippen molar-refractivity contribution < 1.29 is 8.91 Å². The van der Waals surface area contributed by atoms with Gasteiger partial charge in [-0.3, -0.25) is 0 Å². The standard InChI is InChI=1S/C8H3BrClFN2O/c9-5-1-4(2-6(11)3-5)7-12-8(10)13-14-7/h1-3H. The van der Waals surface area contributed by atoms with E-state index in [2.05, 4.69) is 26.1 Å². The highest BCUT2D eigenvalue weighted by atomic mass is 79.9. The van der Waals surface area contributed by atoms with Crippen LogP contribution in [0, 0.1) is 5.82 Å². The van der Waals surface area contributed by atoms with Crippen LogP contribution in [0.2, 0.25) is 5.28 Å². The summed E-state index contributed by atoms with van der Waals surface area (Å²) in [5.41, 5.74) is 0.483. The van der Waals surface area contributed by atoms with E-state index in [4.69, 9.17) is 16.1 Å². The first kappa shape index (κ1) is 9.61. The molecule has 0 radical (unpaired) electrons. The van der Waals surface area contributed by atoms with Crippen LogP contribution in [0.25, 0.3) is 11.5 Å². The maximum atomic E-state index is 13.0. The van der Waals surface area contributed by atoms with Gasteiger partial charge in [0.1, 0.15) is 5.82 Å². The number of nitrogens with zero attached hydrogens (tertiary/aromatic N) is 2. The Labute approximate surface area is 92.0 Å². The predicted octanol–water partition coefficient (Wildman–Crippen LogP) is 3.29. The fourth-order valence-corrected chi connectivity index (χ4v) is 1.58. The van der Waals surface area contributed by atoms with Crippen molar-refractivity contribution in [2.45, 2.75) is 0 Å². The number of aromatic nitrogens is 2. The van der Waals surface area contributed by atoms with Crippen LogP contribution >= 0.6 is 27.5 Å². The summed E-state index contributed by atoms with van der Waals surface area (Å²) in [5.74, 6) is -0.195. The highest BCUT2D eigenvalue weighted by Crippen LogP contribution is 2.23. The smallest absolute Gasteiger partial charge is 0.264 e. The van der Waals surface area contributed by atoms with Crippen LogP contribution in [-0.4, -0.2) is 10.1 Å². The van der Waals surface area contributed by atoms with E-state index in [9.17, 15) is 4.39 Å². The van der Waals surface area contributed by atoms with Gasteiger partial charge in [0.2, 0.25) is 0 Å². The Morgan fingerprint density at radius 3 is 2.71 bits per heavy atom. The monoisotopic (exact) mass is 276 g/mol. The van der Waals surface area contributed by atoms with Crippen molar-refractivity contribution in [2.75, 3.05) is 0 Å². The van der Waals surface area contributed by atoms with Gasteiger partial charge in [0, 0.05) is 10.0 Å². The molecule has 0 saturated heterocycles. The second-order valence-electron chi connectivity index (χ2n) is 2.53. The molecule has 14 heavy (non-hydrogen) atoms. The van der Waals surface area contributed by atoms with E-state index in [1.165, 1.54) is 12.1 Å². The van der Waals surface area contributed by atoms with Gasteiger partial charge >= 0.3 is 0 Å². The second-order valence-corrected chi connectivity index (χ2v) is 3.78. The quantitative estimate of drug-likeness (QED) is 0.803. The Bertz CT molecular complexity index is 454. The van der Waals surface area contributed by atoms with Gasteiger partial charge in [-0.25, -0.2) is 4.39 Å². The minimum absolute atomic E-state index is 0.000355. The third-order valence-electron chi connectivity index (χ3n) is 1.51. The minimum Gasteiger partial charge on any atom is -0.333 e. The van der Waals surface area contributed by atoms with Crippen LogP contribution in [0.1, 0.15) is 0 Å². The van der Waals surface area contributed by atoms with Crippen molar-refractivity contribution in [3.8, 4) is 11.5 Å². The van der Waals surface area contributed by atoms with Crippen molar-refractivity contribution in [3.05, 3.63) is 33.8 Å². The number of halogens is 3. The topological polar surface area (TPSA) is 38.9 Å². The van der Waals surface area contributed by atoms with E-state index in [-0.39, 0.29) is 17.0 Å². The Hall–Kier alpha value is -0.940. The number of rotatable bonds is 1. The molecule has 2 aromatic rings. The van der Waals surface area contributed by atoms with Gasteiger partial charge in [-0.2, -0.15) is 4.98 Å². The summed E-state index contributed by atoms with van der Waals surface area (Å²) in [6.45, 7) is 0. The number of hydrogen-bond acceptors (Lipinski definition) is 3. The highest BCUT2D eigenvalue weighted by molar-refractivity contribution is 9.10. The molecule has 0 unspecified atom stereocenters. The molecule has 0 aliphatic carbocycles. The van der Waals surface area contributed by atoms with Crippen molar-refractivity contribution in [3.63, 3.8) is 0 Å². The molecule has 3 nitrogen and oxygen atoms in total. The molecule has 0 atom stereocenters. The first-order chi connectivity index (χ1) is 6.65. The third kappa shape index (κ3) is 1.93. The molecule has 72 valence electrons. The molecule has 1 heterocycles. The zero-order valence-corrected chi connectivity index (χ0v) is 9.01. The average Bonchev–Trinajstić information content (AvgIpc) is 2.50. The van der Waals surface area contributed by atoms with Gasteiger partial charge in [-0.1, -0.05) is 15.9 Å². The lowest BCUT2D eigenvalue weighted by Crippen LogP contribution is -1.80. The van der Waals surface area contributed by atoms with E-state index >= 15 is 0 Å². The Morgan fingerprint density at radius 1 is 1.36 bits per heavy atom. The molecular weight excluding hydrogens is 274 g/mol. The molecule has 1 aromatic carbocycles. The van der Waals surface area contributed by atoms with E-state index in [0.717, 1.165) is 0 Å². The molecule has 0 N–H and O–H groups in total. The van der Waals surface area contributed by atoms with Crippen molar-refractivity contribution in [1.29, 1.82) is 0 Å². The lowest BCUT2D eigenvalue weighted by molar-refractivity contribution is 0.430. The Morgan fingerprint density at radius 2 is 2.14 bits per heavy atom. The molecule has 0 aliphatic rings. The Kier molecular flexibility index (Phi) is 2.52. The minimum atomic E-state index is -0.385. The molecule has 0 bridgehead atoms. The van der Waals surface area contributed by atoms with Gasteiger partial charge in [0.25, 0.3) is 11.2 Å². The van der Waals surface area contributed by atoms with Crippen molar-refractivity contribution >= 4 is 27.5 Å². The lowest BCUT2D eigenvalue weighted by Gasteiger charge is -1.95. The van der Waals surface area contributed by atoms with E-state index in [0.29, 0.717) is 10.0 Å². The van der Waals surface area contributed by atoms with Crippen molar-refractivity contribution in [1.82, 2.24) is 10.1 Å². The molecule has 0 amide bonds. The summed E-state index contributed by atoms with van der Waals surface area (Å²) in [6, 6.07) is 4.28.